The molecule has 116 valence electrons. The first-order chi connectivity index (χ1) is 9.82. The smallest absolute Gasteiger partial charge is 0.240 e. The summed E-state index contributed by atoms with van der Waals surface area (Å²) in [4.78, 5) is 27.4. The number of hydrogen-bond acceptors (Lipinski definition) is 3. The predicted octanol–water partition coefficient (Wildman–Crippen LogP) is 1.33. The Morgan fingerprint density at radius 1 is 1.14 bits per heavy atom. The van der Waals surface area contributed by atoms with Gasteiger partial charge in [0.15, 0.2) is 0 Å². The van der Waals surface area contributed by atoms with Gasteiger partial charge in [0.2, 0.25) is 11.8 Å². The lowest BCUT2D eigenvalue weighted by molar-refractivity contribution is -0.123. The van der Waals surface area contributed by atoms with Crippen LogP contribution in [0, 0.1) is 13.8 Å². The van der Waals surface area contributed by atoms with Crippen molar-refractivity contribution < 1.29 is 9.59 Å². The molecule has 0 unspecified atom stereocenters. The maximum Gasteiger partial charge on any atom is 0.240 e. The molecule has 0 radical (unpaired) electrons. The highest BCUT2D eigenvalue weighted by molar-refractivity contribution is 5.98. The fourth-order valence-electron chi connectivity index (χ4n) is 2.20. The van der Waals surface area contributed by atoms with E-state index in [2.05, 4.69) is 5.32 Å². The molecule has 0 aliphatic carbocycles. The minimum Gasteiger partial charge on any atom is -0.353 e. The zero-order valence-corrected chi connectivity index (χ0v) is 13.6. The van der Waals surface area contributed by atoms with Crippen LogP contribution in [0.15, 0.2) is 18.2 Å². The number of amides is 2. The summed E-state index contributed by atoms with van der Waals surface area (Å²) in [7, 11) is 3.90. The van der Waals surface area contributed by atoms with Gasteiger partial charge in [-0.1, -0.05) is 18.2 Å². The molecule has 0 fully saturated rings. The minimum absolute atomic E-state index is 0.0501. The number of hydrogen-bond donors (Lipinski definition) is 1. The summed E-state index contributed by atoms with van der Waals surface area (Å²) in [5.74, 6) is -0.273. The number of anilines is 1. The van der Waals surface area contributed by atoms with Gasteiger partial charge in [0.25, 0.3) is 0 Å². The normalized spacial score (nSPS) is 10.6. The van der Waals surface area contributed by atoms with Gasteiger partial charge in [-0.05, 0) is 39.1 Å². The Bertz CT molecular complexity index is 492. The van der Waals surface area contributed by atoms with Crippen molar-refractivity contribution in [3.8, 4) is 0 Å². The standard InChI is InChI=1S/C16H25N3O2/c1-12-7-6-8-13(2)16(12)19(14(3)20)11-15(21)17-9-10-18(4)5/h6-8H,9-11H2,1-5H3,(H,17,21). The fourth-order valence-corrected chi connectivity index (χ4v) is 2.20. The molecule has 0 heterocycles. The van der Waals surface area contributed by atoms with Gasteiger partial charge in [-0.15, -0.1) is 0 Å². The number of likely N-dealkylation sites (N-methyl/N-ethyl adjacent to an activating group) is 1. The van der Waals surface area contributed by atoms with Crippen LogP contribution in [0.2, 0.25) is 0 Å². The maximum absolute atomic E-state index is 12.0. The van der Waals surface area contributed by atoms with Gasteiger partial charge in [-0.2, -0.15) is 0 Å². The molecule has 1 aromatic rings. The van der Waals surface area contributed by atoms with Crippen LogP contribution in [0.4, 0.5) is 5.69 Å². The maximum atomic E-state index is 12.0. The van der Waals surface area contributed by atoms with Gasteiger partial charge < -0.3 is 15.1 Å². The molecule has 1 rings (SSSR count). The van der Waals surface area contributed by atoms with E-state index in [1.165, 1.54) is 11.8 Å². The Kier molecular flexibility index (Phi) is 6.37. The van der Waals surface area contributed by atoms with Crippen molar-refractivity contribution in [1.82, 2.24) is 10.2 Å². The molecule has 2 amide bonds. The molecule has 0 spiro atoms. The molecule has 5 nitrogen and oxygen atoms in total. The first-order valence-electron chi connectivity index (χ1n) is 7.08. The van der Waals surface area contributed by atoms with Crippen LogP contribution in [0.5, 0.6) is 0 Å². The van der Waals surface area contributed by atoms with Crippen molar-refractivity contribution in [2.45, 2.75) is 20.8 Å². The van der Waals surface area contributed by atoms with Gasteiger partial charge in [0, 0.05) is 20.0 Å². The Morgan fingerprint density at radius 3 is 2.19 bits per heavy atom. The lowest BCUT2D eigenvalue weighted by Crippen LogP contribution is -2.42. The second-order valence-corrected chi connectivity index (χ2v) is 5.50. The number of carbonyl (C=O) groups excluding carboxylic acids is 2. The van der Waals surface area contributed by atoms with Crippen molar-refractivity contribution in [3.63, 3.8) is 0 Å². The lowest BCUT2D eigenvalue weighted by atomic mass is 10.1. The van der Waals surface area contributed by atoms with Crippen molar-refractivity contribution >= 4 is 17.5 Å². The Balaban J connectivity index is 2.79. The molecule has 0 bridgehead atoms. The highest BCUT2D eigenvalue weighted by Crippen LogP contribution is 2.24. The topological polar surface area (TPSA) is 52.7 Å². The highest BCUT2D eigenvalue weighted by atomic mass is 16.2. The van der Waals surface area contributed by atoms with E-state index in [1.54, 1.807) is 0 Å². The summed E-state index contributed by atoms with van der Waals surface area (Å²) in [6.07, 6.45) is 0. The third-order valence-corrected chi connectivity index (χ3v) is 3.27. The van der Waals surface area contributed by atoms with Gasteiger partial charge in [-0.25, -0.2) is 0 Å². The number of aryl methyl sites for hydroxylation is 2. The molecular formula is C16H25N3O2. The fraction of sp³-hybridized carbons (Fsp3) is 0.500. The third-order valence-electron chi connectivity index (χ3n) is 3.27. The van der Waals surface area contributed by atoms with E-state index >= 15 is 0 Å². The monoisotopic (exact) mass is 291 g/mol. The molecule has 0 saturated heterocycles. The summed E-state index contributed by atoms with van der Waals surface area (Å²) in [6.45, 7) is 6.78. The number of rotatable bonds is 6. The van der Waals surface area contributed by atoms with E-state index in [1.807, 2.05) is 51.0 Å². The summed E-state index contributed by atoms with van der Waals surface area (Å²) < 4.78 is 0. The van der Waals surface area contributed by atoms with E-state index in [0.717, 1.165) is 23.4 Å². The number of nitrogens with zero attached hydrogens (tertiary/aromatic N) is 2. The van der Waals surface area contributed by atoms with Crippen LogP contribution >= 0.6 is 0 Å². The van der Waals surface area contributed by atoms with Gasteiger partial charge >= 0.3 is 0 Å². The largest absolute Gasteiger partial charge is 0.353 e. The highest BCUT2D eigenvalue weighted by Gasteiger charge is 2.19. The summed E-state index contributed by atoms with van der Waals surface area (Å²) in [6, 6.07) is 5.84. The number of nitrogens with one attached hydrogen (secondary N) is 1. The zero-order chi connectivity index (χ0) is 16.0. The summed E-state index contributed by atoms with van der Waals surface area (Å²) in [5, 5.41) is 2.83. The van der Waals surface area contributed by atoms with Crippen molar-refractivity contribution in [1.29, 1.82) is 0 Å². The molecule has 5 heteroatoms. The minimum atomic E-state index is -0.144. The molecular weight excluding hydrogens is 266 g/mol. The van der Waals surface area contributed by atoms with Crippen LogP contribution in [-0.4, -0.2) is 50.4 Å². The van der Waals surface area contributed by atoms with Gasteiger partial charge in [-0.3, -0.25) is 9.59 Å². The molecule has 0 aliphatic rings. The van der Waals surface area contributed by atoms with Crippen molar-refractivity contribution in [3.05, 3.63) is 29.3 Å². The van der Waals surface area contributed by atoms with Crippen LogP contribution in [0.25, 0.3) is 0 Å². The molecule has 21 heavy (non-hydrogen) atoms. The van der Waals surface area contributed by atoms with Crippen LogP contribution in [0.1, 0.15) is 18.1 Å². The zero-order valence-electron chi connectivity index (χ0n) is 13.6. The van der Waals surface area contributed by atoms with E-state index < -0.39 is 0 Å². The Hall–Kier alpha value is -1.88. The summed E-state index contributed by atoms with van der Waals surface area (Å²) in [5.41, 5.74) is 2.81. The molecule has 0 aliphatic heterocycles. The first-order valence-corrected chi connectivity index (χ1v) is 7.08. The second-order valence-electron chi connectivity index (χ2n) is 5.50. The third kappa shape index (κ3) is 5.19. The SMILES string of the molecule is CC(=O)N(CC(=O)NCCN(C)C)c1c(C)cccc1C. The number of carbonyl (C=O) groups is 2. The van der Waals surface area contributed by atoms with Crippen molar-refractivity contribution in [2.75, 3.05) is 38.6 Å². The second kappa shape index (κ2) is 7.78. The van der Waals surface area contributed by atoms with E-state index in [9.17, 15) is 9.59 Å². The molecule has 0 saturated carbocycles. The number of para-hydroxylation sites is 1. The first kappa shape index (κ1) is 17.2. The Labute approximate surface area is 126 Å². The molecule has 1 N–H and O–H groups in total. The lowest BCUT2D eigenvalue weighted by Gasteiger charge is -2.24. The quantitative estimate of drug-likeness (QED) is 0.860. The van der Waals surface area contributed by atoms with Crippen molar-refractivity contribution in [2.24, 2.45) is 0 Å². The molecule has 0 atom stereocenters. The van der Waals surface area contributed by atoms with E-state index in [-0.39, 0.29) is 18.4 Å². The van der Waals surface area contributed by atoms with Gasteiger partial charge in [0.1, 0.15) is 6.54 Å². The number of benzene rings is 1. The molecule has 0 aromatic heterocycles. The van der Waals surface area contributed by atoms with Crippen LogP contribution < -0.4 is 10.2 Å². The van der Waals surface area contributed by atoms with Crippen LogP contribution in [-0.2, 0) is 9.59 Å². The van der Waals surface area contributed by atoms with Crippen LogP contribution in [0.3, 0.4) is 0 Å². The Morgan fingerprint density at radius 2 is 1.71 bits per heavy atom. The van der Waals surface area contributed by atoms with Gasteiger partial charge in [0.05, 0.1) is 5.69 Å². The molecule has 1 aromatic carbocycles. The van der Waals surface area contributed by atoms with E-state index in [4.69, 9.17) is 0 Å². The average Bonchev–Trinajstić information content (AvgIpc) is 2.36. The van der Waals surface area contributed by atoms with E-state index in [0.29, 0.717) is 6.54 Å². The predicted molar refractivity (Wildman–Crippen MR) is 85.5 cm³/mol. The summed E-state index contributed by atoms with van der Waals surface area (Å²) >= 11 is 0. The average molecular weight is 291 g/mol.